The van der Waals surface area contributed by atoms with E-state index in [1.54, 1.807) is 12.3 Å². The number of aromatic nitrogens is 1. The summed E-state index contributed by atoms with van der Waals surface area (Å²) in [6.07, 6.45) is 1.79. The summed E-state index contributed by atoms with van der Waals surface area (Å²) >= 11 is 3.41. The van der Waals surface area contributed by atoms with E-state index in [0.717, 1.165) is 26.6 Å². The molecule has 1 aromatic heterocycles. The Kier molecular flexibility index (Phi) is 3.88. The number of rotatable bonds is 3. The van der Waals surface area contributed by atoms with Gasteiger partial charge in [-0.15, -0.1) is 0 Å². The van der Waals surface area contributed by atoms with Crippen LogP contribution in [0.1, 0.15) is 18.5 Å². The maximum absolute atomic E-state index is 13.2. The molecule has 0 aliphatic heterocycles. The van der Waals surface area contributed by atoms with Crippen LogP contribution < -0.4 is 5.32 Å². The maximum Gasteiger partial charge on any atom is 0.124 e. The zero-order chi connectivity index (χ0) is 14.8. The molecule has 3 rings (SSSR count). The predicted octanol–water partition coefficient (Wildman–Crippen LogP) is 5.31. The Bertz CT molecular complexity index is 789. The summed E-state index contributed by atoms with van der Waals surface area (Å²) in [6.45, 7) is 2.05. The highest BCUT2D eigenvalue weighted by Gasteiger charge is 2.10. The number of nitrogens with one attached hydrogen (secondary N) is 1. The summed E-state index contributed by atoms with van der Waals surface area (Å²) in [5.74, 6) is -0.241. The Balaban J connectivity index is 1.87. The smallest absolute Gasteiger partial charge is 0.124 e. The van der Waals surface area contributed by atoms with E-state index in [1.165, 1.54) is 12.1 Å². The highest BCUT2D eigenvalue weighted by Crippen LogP contribution is 2.28. The first-order valence-electron chi connectivity index (χ1n) is 6.70. The monoisotopic (exact) mass is 344 g/mol. The molecule has 0 saturated carbocycles. The summed E-state index contributed by atoms with van der Waals surface area (Å²) in [7, 11) is 0. The van der Waals surface area contributed by atoms with Gasteiger partial charge in [0.25, 0.3) is 0 Å². The van der Waals surface area contributed by atoms with Crippen molar-refractivity contribution >= 4 is 32.5 Å². The van der Waals surface area contributed by atoms with Crippen LogP contribution in [0.15, 0.2) is 59.2 Å². The SMILES string of the molecule is CC(Nc1ccc2ncccc2c1)c1ccc(F)cc1Br. The van der Waals surface area contributed by atoms with E-state index in [0.29, 0.717) is 0 Å². The van der Waals surface area contributed by atoms with Crippen LogP contribution >= 0.6 is 15.9 Å². The van der Waals surface area contributed by atoms with Crippen LogP contribution in [0.3, 0.4) is 0 Å². The van der Waals surface area contributed by atoms with Crippen LogP contribution in [0, 0.1) is 5.82 Å². The first-order valence-corrected chi connectivity index (χ1v) is 7.49. The Labute approximate surface area is 131 Å². The molecule has 0 saturated heterocycles. The number of hydrogen-bond acceptors (Lipinski definition) is 2. The van der Waals surface area contributed by atoms with Gasteiger partial charge in [-0.2, -0.15) is 0 Å². The molecule has 1 atom stereocenters. The molecule has 4 heteroatoms. The molecule has 3 aromatic rings. The van der Waals surface area contributed by atoms with Gasteiger partial charge in [-0.1, -0.05) is 28.1 Å². The maximum atomic E-state index is 13.2. The molecule has 1 heterocycles. The summed E-state index contributed by atoms with van der Waals surface area (Å²) in [5, 5.41) is 4.52. The van der Waals surface area contributed by atoms with Crippen LogP contribution in [-0.2, 0) is 0 Å². The van der Waals surface area contributed by atoms with E-state index in [9.17, 15) is 4.39 Å². The van der Waals surface area contributed by atoms with Crippen molar-refractivity contribution in [3.63, 3.8) is 0 Å². The second-order valence-electron chi connectivity index (χ2n) is 4.94. The van der Waals surface area contributed by atoms with Crippen molar-refractivity contribution in [3.05, 3.63) is 70.6 Å². The third kappa shape index (κ3) is 3.05. The fourth-order valence-corrected chi connectivity index (χ4v) is 3.04. The number of pyridine rings is 1. The lowest BCUT2D eigenvalue weighted by Gasteiger charge is -2.17. The van der Waals surface area contributed by atoms with Gasteiger partial charge in [0.1, 0.15) is 5.82 Å². The van der Waals surface area contributed by atoms with Crippen LogP contribution in [0.2, 0.25) is 0 Å². The van der Waals surface area contributed by atoms with Gasteiger partial charge in [-0.25, -0.2) is 4.39 Å². The first kappa shape index (κ1) is 14.0. The lowest BCUT2D eigenvalue weighted by Crippen LogP contribution is -2.07. The van der Waals surface area contributed by atoms with Crippen molar-refractivity contribution in [1.29, 1.82) is 0 Å². The van der Waals surface area contributed by atoms with Gasteiger partial charge in [0.15, 0.2) is 0 Å². The topological polar surface area (TPSA) is 24.9 Å². The number of anilines is 1. The van der Waals surface area contributed by atoms with Crippen LogP contribution in [0.25, 0.3) is 10.9 Å². The minimum atomic E-state index is -0.241. The Morgan fingerprint density at radius 2 is 2.00 bits per heavy atom. The quantitative estimate of drug-likeness (QED) is 0.696. The van der Waals surface area contributed by atoms with Crippen LogP contribution in [-0.4, -0.2) is 4.98 Å². The number of fused-ring (bicyclic) bond motifs is 1. The van der Waals surface area contributed by atoms with Crippen molar-refractivity contribution in [3.8, 4) is 0 Å². The number of nitrogens with zero attached hydrogens (tertiary/aromatic N) is 1. The summed E-state index contributed by atoms with van der Waals surface area (Å²) < 4.78 is 13.9. The van der Waals surface area contributed by atoms with E-state index >= 15 is 0 Å². The van der Waals surface area contributed by atoms with Gasteiger partial charge in [-0.05, 0) is 48.9 Å². The second-order valence-corrected chi connectivity index (χ2v) is 5.80. The van der Waals surface area contributed by atoms with Gasteiger partial charge in [-0.3, -0.25) is 4.98 Å². The van der Waals surface area contributed by atoms with Gasteiger partial charge in [0.05, 0.1) is 5.52 Å². The van der Waals surface area contributed by atoms with Gasteiger partial charge in [0.2, 0.25) is 0 Å². The molecule has 21 heavy (non-hydrogen) atoms. The normalized spacial score (nSPS) is 12.3. The van der Waals surface area contributed by atoms with Gasteiger partial charge in [0, 0.05) is 27.8 Å². The molecule has 106 valence electrons. The van der Waals surface area contributed by atoms with E-state index < -0.39 is 0 Å². The average Bonchev–Trinajstić information content (AvgIpc) is 2.47. The third-order valence-electron chi connectivity index (χ3n) is 3.42. The van der Waals surface area contributed by atoms with Gasteiger partial charge >= 0.3 is 0 Å². The molecule has 0 spiro atoms. The fourth-order valence-electron chi connectivity index (χ4n) is 2.35. The van der Waals surface area contributed by atoms with E-state index in [1.807, 2.05) is 31.2 Å². The Hall–Kier alpha value is -1.94. The highest BCUT2D eigenvalue weighted by atomic mass is 79.9. The lowest BCUT2D eigenvalue weighted by atomic mass is 10.1. The van der Waals surface area contributed by atoms with E-state index in [2.05, 4.69) is 32.3 Å². The Morgan fingerprint density at radius 1 is 1.14 bits per heavy atom. The zero-order valence-electron chi connectivity index (χ0n) is 11.5. The summed E-state index contributed by atoms with van der Waals surface area (Å²) in [5.41, 5.74) is 3.00. The summed E-state index contributed by atoms with van der Waals surface area (Å²) in [4.78, 5) is 4.31. The largest absolute Gasteiger partial charge is 0.378 e. The lowest BCUT2D eigenvalue weighted by molar-refractivity contribution is 0.625. The number of halogens is 2. The molecular formula is C17H14BrFN2. The van der Waals surface area contributed by atoms with Crippen molar-refractivity contribution < 1.29 is 4.39 Å². The standard InChI is InChI=1S/C17H14BrFN2/c1-11(15-6-4-13(19)10-16(15)18)21-14-5-7-17-12(9-14)3-2-8-20-17/h2-11,21H,1H3. The Morgan fingerprint density at radius 3 is 2.81 bits per heavy atom. The molecule has 0 aliphatic rings. The van der Waals surface area contributed by atoms with Crippen molar-refractivity contribution in [2.24, 2.45) is 0 Å². The van der Waals surface area contributed by atoms with Crippen molar-refractivity contribution in [2.75, 3.05) is 5.32 Å². The summed E-state index contributed by atoms with van der Waals surface area (Å²) in [6, 6.07) is 14.8. The average molecular weight is 345 g/mol. The molecule has 0 amide bonds. The zero-order valence-corrected chi connectivity index (χ0v) is 13.1. The molecule has 1 unspecified atom stereocenters. The molecule has 2 nitrogen and oxygen atoms in total. The molecule has 0 radical (unpaired) electrons. The predicted molar refractivity (Wildman–Crippen MR) is 87.9 cm³/mol. The molecule has 0 bridgehead atoms. The minimum absolute atomic E-state index is 0.0640. The third-order valence-corrected chi connectivity index (χ3v) is 4.10. The fraction of sp³-hybridized carbons (Fsp3) is 0.118. The van der Waals surface area contributed by atoms with Crippen LogP contribution in [0.5, 0.6) is 0 Å². The van der Waals surface area contributed by atoms with E-state index in [4.69, 9.17) is 0 Å². The first-order chi connectivity index (χ1) is 10.1. The highest BCUT2D eigenvalue weighted by molar-refractivity contribution is 9.10. The molecular weight excluding hydrogens is 331 g/mol. The van der Waals surface area contributed by atoms with Crippen molar-refractivity contribution in [2.45, 2.75) is 13.0 Å². The molecule has 2 aromatic carbocycles. The van der Waals surface area contributed by atoms with Crippen molar-refractivity contribution in [1.82, 2.24) is 4.98 Å². The van der Waals surface area contributed by atoms with Crippen LogP contribution in [0.4, 0.5) is 10.1 Å². The molecule has 0 fully saturated rings. The number of hydrogen-bond donors (Lipinski definition) is 1. The molecule has 0 aliphatic carbocycles. The van der Waals surface area contributed by atoms with E-state index in [-0.39, 0.29) is 11.9 Å². The molecule has 1 N–H and O–H groups in total. The second kappa shape index (κ2) is 5.82. The minimum Gasteiger partial charge on any atom is -0.378 e. The number of benzene rings is 2. The van der Waals surface area contributed by atoms with Gasteiger partial charge < -0.3 is 5.32 Å².